The number of nitrogens with zero attached hydrogens (tertiary/aromatic N) is 3. The van der Waals surface area contributed by atoms with E-state index in [4.69, 9.17) is 9.84 Å². The molecule has 1 aromatic rings. The van der Waals surface area contributed by atoms with E-state index in [-0.39, 0.29) is 24.7 Å². The molecule has 8 heteroatoms. The summed E-state index contributed by atoms with van der Waals surface area (Å²) >= 11 is 0. The predicted octanol–water partition coefficient (Wildman–Crippen LogP) is 1.79. The number of ether oxygens (including phenoxy) is 1. The highest BCUT2D eigenvalue weighted by molar-refractivity contribution is 5.74. The maximum Gasteiger partial charge on any atom is 0.317 e. The summed E-state index contributed by atoms with van der Waals surface area (Å²) in [4.78, 5) is 31.3. The van der Waals surface area contributed by atoms with Crippen molar-refractivity contribution in [2.75, 3.05) is 27.2 Å². The minimum absolute atomic E-state index is 0.0436. The molecule has 8 nitrogen and oxygen atoms in total. The largest absolute Gasteiger partial charge is 0.496 e. The fourth-order valence-electron chi connectivity index (χ4n) is 3.49. The average Bonchev–Trinajstić information content (AvgIpc) is 2.58. The zero-order chi connectivity index (χ0) is 20.1. The van der Waals surface area contributed by atoms with Gasteiger partial charge in [-0.3, -0.25) is 14.7 Å². The summed E-state index contributed by atoms with van der Waals surface area (Å²) in [6.07, 6.45) is 3.30. The molecule has 1 aliphatic carbocycles. The van der Waals surface area contributed by atoms with Crippen molar-refractivity contribution in [3.05, 3.63) is 23.0 Å². The van der Waals surface area contributed by atoms with Gasteiger partial charge in [-0.1, -0.05) is 6.92 Å². The minimum atomic E-state index is -0.819. The molecule has 2 amide bonds. The summed E-state index contributed by atoms with van der Waals surface area (Å²) < 4.78 is 5.42. The maximum absolute atomic E-state index is 12.5. The SMILES string of the molecule is CCN(CC(=O)O)C1CC(NC(=O)N(C)Cc2ncc(C)c(OC)c2C)C1. The number of likely N-dealkylation sites (N-methyl/N-ethyl adjacent to an activating group) is 1. The Labute approximate surface area is 160 Å². The second-order valence-electron chi connectivity index (χ2n) is 7.13. The number of aryl methyl sites for hydroxylation is 1. The Kier molecular flexibility index (Phi) is 7.01. The molecule has 1 aromatic heterocycles. The van der Waals surface area contributed by atoms with Crippen LogP contribution in [0, 0.1) is 13.8 Å². The van der Waals surface area contributed by atoms with Gasteiger partial charge in [0.25, 0.3) is 0 Å². The number of carbonyl (C=O) groups excluding carboxylic acids is 1. The van der Waals surface area contributed by atoms with Gasteiger partial charge in [0.2, 0.25) is 0 Å². The molecule has 0 radical (unpaired) electrons. The van der Waals surface area contributed by atoms with Gasteiger partial charge in [0.15, 0.2) is 0 Å². The van der Waals surface area contributed by atoms with Crippen molar-refractivity contribution in [3.63, 3.8) is 0 Å². The summed E-state index contributed by atoms with van der Waals surface area (Å²) in [7, 11) is 3.37. The van der Waals surface area contributed by atoms with Crippen LogP contribution in [-0.2, 0) is 11.3 Å². The third-order valence-electron chi connectivity index (χ3n) is 5.19. The van der Waals surface area contributed by atoms with Gasteiger partial charge in [0.05, 0.1) is 25.9 Å². The number of nitrogens with one attached hydrogen (secondary N) is 1. The van der Waals surface area contributed by atoms with E-state index in [1.54, 1.807) is 25.3 Å². The van der Waals surface area contributed by atoms with Crippen molar-refractivity contribution in [2.45, 2.75) is 52.2 Å². The van der Waals surface area contributed by atoms with Gasteiger partial charge in [-0.25, -0.2) is 4.79 Å². The van der Waals surface area contributed by atoms with Crippen molar-refractivity contribution in [1.82, 2.24) is 20.1 Å². The zero-order valence-corrected chi connectivity index (χ0v) is 16.8. The Hall–Kier alpha value is -2.35. The number of carboxylic acid groups (broad SMARTS) is 1. The first-order valence-corrected chi connectivity index (χ1v) is 9.23. The number of hydrogen-bond acceptors (Lipinski definition) is 5. The first-order chi connectivity index (χ1) is 12.8. The first-order valence-electron chi connectivity index (χ1n) is 9.23. The number of methoxy groups -OCH3 is 1. The van der Waals surface area contributed by atoms with Crippen LogP contribution in [0.3, 0.4) is 0 Å². The van der Waals surface area contributed by atoms with E-state index < -0.39 is 5.97 Å². The van der Waals surface area contributed by atoms with Crippen LogP contribution in [0.25, 0.3) is 0 Å². The number of aromatic nitrogens is 1. The second kappa shape index (κ2) is 9.03. The highest BCUT2D eigenvalue weighted by Crippen LogP contribution is 2.26. The molecule has 0 aliphatic heterocycles. The van der Waals surface area contributed by atoms with Crippen molar-refractivity contribution in [3.8, 4) is 5.75 Å². The van der Waals surface area contributed by atoms with Crippen LogP contribution < -0.4 is 10.1 Å². The van der Waals surface area contributed by atoms with Crippen molar-refractivity contribution in [2.24, 2.45) is 0 Å². The Morgan fingerprint density at radius 3 is 2.59 bits per heavy atom. The maximum atomic E-state index is 12.5. The Bertz CT molecular complexity index is 689. The predicted molar refractivity (Wildman–Crippen MR) is 102 cm³/mol. The molecule has 1 fully saturated rings. The highest BCUT2D eigenvalue weighted by atomic mass is 16.5. The summed E-state index contributed by atoms with van der Waals surface area (Å²) in [6, 6.07) is 0.141. The number of urea groups is 1. The quantitative estimate of drug-likeness (QED) is 0.716. The van der Waals surface area contributed by atoms with E-state index in [1.807, 2.05) is 25.7 Å². The molecule has 2 rings (SSSR count). The van der Waals surface area contributed by atoms with Crippen LogP contribution >= 0.6 is 0 Å². The Morgan fingerprint density at radius 1 is 1.37 bits per heavy atom. The molecule has 1 saturated carbocycles. The van der Waals surface area contributed by atoms with Crippen LogP contribution in [-0.4, -0.2) is 71.2 Å². The number of carbonyl (C=O) groups is 2. The van der Waals surface area contributed by atoms with E-state index in [9.17, 15) is 9.59 Å². The summed E-state index contributed by atoms with van der Waals surface area (Å²) in [5.41, 5.74) is 2.71. The fraction of sp³-hybridized carbons (Fsp3) is 0.632. The van der Waals surface area contributed by atoms with Gasteiger partial charge in [0.1, 0.15) is 5.75 Å². The number of aliphatic carboxylic acids is 1. The molecule has 0 spiro atoms. The molecule has 1 aliphatic rings. The lowest BCUT2D eigenvalue weighted by molar-refractivity contribution is -0.139. The number of rotatable bonds is 8. The molecular formula is C19H30N4O4. The molecule has 0 unspecified atom stereocenters. The van der Waals surface area contributed by atoms with Gasteiger partial charge in [-0.15, -0.1) is 0 Å². The number of amides is 2. The van der Waals surface area contributed by atoms with Gasteiger partial charge >= 0.3 is 12.0 Å². The fourth-order valence-corrected chi connectivity index (χ4v) is 3.49. The number of carboxylic acids is 1. The molecule has 1 heterocycles. The molecule has 150 valence electrons. The lowest BCUT2D eigenvalue weighted by atomic mass is 9.85. The Morgan fingerprint density at radius 2 is 2.04 bits per heavy atom. The van der Waals surface area contributed by atoms with Crippen LogP contribution in [0.1, 0.15) is 36.6 Å². The zero-order valence-electron chi connectivity index (χ0n) is 16.8. The third-order valence-corrected chi connectivity index (χ3v) is 5.19. The van der Waals surface area contributed by atoms with E-state index in [2.05, 4.69) is 10.3 Å². The standard InChI is InChI=1S/C19H30N4O4/c1-6-23(11-17(24)25)15-7-14(8-15)21-19(26)22(4)10-16-13(3)18(27-5)12(2)9-20-16/h9,14-15H,6-8,10-11H2,1-5H3,(H,21,26)(H,24,25). The minimum Gasteiger partial charge on any atom is -0.496 e. The van der Waals surface area contributed by atoms with Gasteiger partial charge in [0, 0.05) is 36.5 Å². The number of pyridine rings is 1. The summed E-state index contributed by atoms with van der Waals surface area (Å²) in [6.45, 7) is 6.96. The van der Waals surface area contributed by atoms with Crippen LogP contribution in [0.2, 0.25) is 0 Å². The van der Waals surface area contributed by atoms with E-state index >= 15 is 0 Å². The van der Waals surface area contributed by atoms with Crippen molar-refractivity contribution >= 4 is 12.0 Å². The smallest absolute Gasteiger partial charge is 0.317 e. The molecule has 0 bridgehead atoms. The lowest BCUT2D eigenvalue weighted by Crippen LogP contribution is -2.56. The van der Waals surface area contributed by atoms with E-state index in [1.165, 1.54) is 0 Å². The van der Waals surface area contributed by atoms with E-state index in [0.717, 1.165) is 35.4 Å². The Balaban J connectivity index is 1.86. The van der Waals surface area contributed by atoms with Crippen molar-refractivity contribution in [1.29, 1.82) is 0 Å². The topological polar surface area (TPSA) is 95.0 Å². The monoisotopic (exact) mass is 378 g/mol. The average molecular weight is 378 g/mol. The van der Waals surface area contributed by atoms with Gasteiger partial charge in [-0.05, 0) is 33.2 Å². The summed E-state index contributed by atoms with van der Waals surface area (Å²) in [5.74, 6) is -0.0193. The lowest BCUT2D eigenvalue weighted by Gasteiger charge is -2.42. The van der Waals surface area contributed by atoms with Crippen LogP contribution in [0.15, 0.2) is 6.20 Å². The van der Waals surface area contributed by atoms with Gasteiger partial charge < -0.3 is 20.1 Å². The second-order valence-corrected chi connectivity index (χ2v) is 7.13. The third kappa shape index (κ3) is 5.09. The normalized spacial score (nSPS) is 18.7. The van der Waals surface area contributed by atoms with Crippen molar-refractivity contribution < 1.29 is 19.4 Å². The van der Waals surface area contributed by atoms with Gasteiger partial charge in [-0.2, -0.15) is 0 Å². The molecular weight excluding hydrogens is 348 g/mol. The molecule has 0 saturated heterocycles. The molecule has 2 N–H and O–H groups in total. The first kappa shape index (κ1) is 21.0. The molecule has 0 atom stereocenters. The molecule has 27 heavy (non-hydrogen) atoms. The summed E-state index contributed by atoms with van der Waals surface area (Å²) in [5, 5.41) is 12.0. The van der Waals surface area contributed by atoms with Crippen LogP contribution in [0.4, 0.5) is 4.79 Å². The number of hydrogen-bond donors (Lipinski definition) is 2. The highest BCUT2D eigenvalue weighted by Gasteiger charge is 2.35. The van der Waals surface area contributed by atoms with Crippen LogP contribution in [0.5, 0.6) is 5.75 Å². The molecule has 0 aromatic carbocycles. The van der Waals surface area contributed by atoms with E-state index in [0.29, 0.717) is 13.1 Å².